The molecule has 0 amide bonds. The van der Waals surface area contributed by atoms with Gasteiger partial charge in [-0.25, -0.2) is 0 Å². The average molecular weight is 324 g/mol. The van der Waals surface area contributed by atoms with Crippen molar-refractivity contribution < 1.29 is 25.2 Å². The highest BCUT2D eigenvalue weighted by Crippen LogP contribution is 2.34. The van der Waals surface area contributed by atoms with Crippen molar-refractivity contribution in [2.45, 2.75) is 69.5 Å². The molecule has 1 aliphatic rings. The molecule has 1 fully saturated rings. The topological polar surface area (TPSA) is 90.2 Å². The molecule has 0 aliphatic carbocycles. The molecule has 5 heteroatoms. The summed E-state index contributed by atoms with van der Waals surface area (Å²) in [4.78, 5) is 0. The molecule has 23 heavy (non-hydrogen) atoms. The van der Waals surface area contributed by atoms with Crippen LogP contribution in [0.1, 0.15) is 49.8 Å². The van der Waals surface area contributed by atoms with E-state index in [0.29, 0.717) is 0 Å². The lowest BCUT2D eigenvalue weighted by Crippen LogP contribution is -2.55. The molecule has 0 bridgehead atoms. The third-order valence-corrected chi connectivity index (χ3v) is 4.55. The van der Waals surface area contributed by atoms with Crippen LogP contribution in [-0.4, -0.2) is 51.4 Å². The molecule has 130 valence electrons. The maximum atomic E-state index is 10.3. The monoisotopic (exact) mass is 324 g/mol. The number of aryl methyl sites for hydroxylation is 1. The zero-order chi connectivity index (χ0) is 16.8. The molecule has 2 rings (SSSR count). The minimum absolute atomic E-state index is 0.403. The Morgan fingerprint density at radius 3 is 2.39 bits per heavy atom. The molecule has 1 unspecified atom stereocenters. The first kappa shape index (κ1) is 18.4. The fraction of sp³-hybridized carbons (Fsp3) is 0.667. The van der Waals surface area contributed by atoms with Gasteiger partial charge < -0.3 is 25.2 Å². The molecule has 0 saturated carbocycles. The predicted molar refractivity (Wildman–Crippen MR) is 87.0 cm³/mol. The molecular weight excluding hydrogens is 296 g/mol. The Kier molecular flexibility index (Phi) is 6.99. The highest BCUT2D eigenvalue weighted by molar-refractivity contribution is 5.31. The van der Waals surface area contributed by atoms with E-state index < -0.39 is 37.1 Å². The number of hydrogen-bond donors (Lipinski definition) is 4. The van der Waals surface area contributed by atoms with Crippen LogP contribution in [0.2, 0.25) is 0 Å². The first-order valence-electron chi connectivity index (χ1n) is 8.48. The van der Waals surface area contributed by atoms with Gasteiger partial charge in [-0.05, 0) is 24.0 Å². The van der Waals surface area contributed by atoms with Gasteiger partial charge in [-0.2, -0.15) is 0 Å². The lowest BCUT2D eigenvalue weighted by molar-refractivity contribution is -0.231. The van der Waals surface area contributed by atoms with Crippen LogP contribution in [-0.2, 0) is 11.2 Å². The quantitative estimate of drug-likeness (QED) is 0.568. The van der Waals surface area contributed by atoms with Crippen molar-refractivity contribution in [2.24, 2.45) is 0 Å². The zero-order valence-electron chi connectivity index (χ0n) is 13.6. The van der Waals surface area contributed by atoms with Crippen LogP contribution in [0.15, 0.2) is 24.3 Å². The van der Waals surface area contributed by atoms with Crippen molar-refractivity contribution in [1.82, 2.24) is 0 Å². The van der Waals surface area contributed by atoms with Crippen LogP contribution in [0.25, 0.3) is 0 Å². The number of benzene rings is 1. The van der Waals surface area contributed by atoms with Crippen LogP contribution >= 0.6 is 0 Å². The lowest BCUT2D eigenvalue weighted by atomic mass is 9.88. The normalized spacial score (nSPS) is 31.3. The largest absolute Gasteiger partial charge is 0.394 e. The summed E-state index contributed by atoms with van der Waals surface area (Å²) in [5.41, 5.74) is 1.90. The first-order valence-corrected chi connectivity index (χ1v) is 8.48. The van der Waals surface area contributed by atoms with Crippen molar-refractivity contribution in [1.29, 1.82) is 0 Å². The third-order valence-electron chi connectivity index (χ3n) is 4.55. The average Bonchev–Trinajstić information content (AvgIpc) is 2.58. The molecule has 5 atom stereocenters. The Bertz CT molecular complexity index is 476. The standard InChI is InChI=1S/C18H28O5/c1-2-3-4-5-8-12-9-6-7-10-13(12)18-17(22)16(21)15(20)14(11-19)23-18/h6-7,9-10,14-22H,2-5,8,11H2,1H3/t14-,15-,16+,17-,18?/m1/s1. The summed E-state index contributed by atoms with van der Waals surface area (Å²) < 4.78 is 5.67. The summed E-state index contributed by atoms with van der Waals surface area (Å²) >= 11 is 0. The van der Waals surface area contributed by atoms with Gasteiger partial charge in [0.2, 0.25) is 0 Å². The number of unbranched alkanes of at least 4 members (excludes halogenated alkanes) is 3. The molecule has 1 aromatic rings. The highest BCUT2D eigenvalue weighted by atomic mass is 16.5. The maximum Gasteiger partial charge on any atom is 0.113 e. The first-order chi connectivity index (χ1) is 11.1. The SMILES string of the molecule is CCCCCCc1ccccc1C1O[C@H](CO)[C@@H](O)[C@H](O)[C@H]1O. The van der Waals surface area contributed by atoms with E-state index in [1.807, 2.05) is 24.3 Å². The molecule has 0 radical (unpaired) electrons. The second kappa shape index (κ2) is 8.76. The van der Waals surface area contributed by atoms with E-state index in [0.717, 1.165) is 30.4 Å². The molecule has 1 aromatic carbocycles. The minimum atomic E-state index is -1.33. The van der Waals surface area contributed by atoms with Crippen LogP contribution in [0, 0.1) is 0 Å². The van der Waals surface area contributed by atoms with Crippen LogP contribution in [0.4, 0.5) is 0 Å². The molecule has 1 saturated heterocycles. The summed E-state index contributed by atoms with van der Waals surface area (Å²) in [6.45, 7) is 1.77. The molecule has 1 heterocycles. The van der Waals surface area contributed by atoms with Crippen LogP contribution in [0.5, 0.6) is 0 Å². The van der Waals surface area contributed by atoms with Gasteiger partial charge in [-0.3, -0.25) is 0 Å². The Labute approximate surface area is 137 Å². The summed E-state index contributed by atoms with van der Waals surface area (Å²) in [5.74, 6) is 0. The van der Waals surface area contributed by atoms with Crippen LogP contribution < -0.4 is 0 Å². The number of hydrogen-bond acceptors (Lipinski definition) is 5. The van der Waals surface area contributed by atoms with Crippen LogP contribution in [0.3, 0.4) is 0 Å². The van der Waals surface area contributed by atoms with Gasteiger partial charge in [0.1, 0.15) is 30.5 Å². The van der Waals surface area contributed by atoms with E-state index in [4.69, 9.17) is 4.74 Å². The lowest BCUT2D eigenvalue weighted by Gasteiger charge is -2.40. The van der Waals surface area contributed by atoms with E-state index in [1.165, 1.54) is 12.8 Å². The van der Waals surface area contributed by atoms with Gasteiger partial charge >= 0.3 is 0 Å². The van der Waals surface area contributed by atoms with Gasteiger partial charge in [0.05, 0.1) is 6.61 Å². The van der Waals surface area contributed by atoms with Gasteiger partial charge in [-0.1, -0.05) is 50.5 Å². The van der Waals surface area contributed by atoms with E-state index in [9.17, 15) is 20.4 Å². The van der Waals surface area contributed by atoms with E-state index in [-0.39, 0.29) is 0 Å². The van der Waals surface area contributed by atoms with Gasteiger partial charge in [-0.15, -0.1) is 0 Å². The second-order valence-electron chi connectivity index (χ2n) is 6.26. The summed E-state index contributed by atoms with van der Waals surface area (Å²) in [5, 5.41) is 39.5. The predicted octanol–water partition coefficient (Wildman–Crippen LogP) is 1.32. The smallest absolute Gasteiger partial charge is 0.113 e. The molecule has 0 spiro atoms. The second-order valence-corrected chi connectivity index (χ2v) is 6.26. The molecule has 1 aliphatic heterocycles. The summed E-state index contributed by atoms with van der Waals surface area (Å²) in [7, 11) is 0. The van der Waals surface area contributed by atoms with Crippen molar-refractivity contribution in [3.05, 3.63) is 35.4 Å². The summed E-state index contributed by atoms with van der Waals surface area (Å²) in [6.07, 6.45) is -0.0186. The minimum Gasteiger partial charge on any atom is -0.394 e. The number of ether oxygens (including phenoxy) is 1. The van der Waals surface area contributed by atoms with Crippen molar-refractivity contribution in [3.63, 3.8) is 0 Å². The van der Waals surface area contributed by atoms with Crippen molar-refractivity contribution in [3.8, 4) is 0 Å². The number of aliphatic hydroxyl groups is 4. The molecular formula is C18H28O5. The van der Waals surface area contributed by atoms with Crippen molar-refractivity contribution in [2.75, 3.05) is 6.61 Å². The Morgan fingerprint density at radius 2 is 1.70 bits per heavy atom. The van der Waals surface area contributed by atoms with Gasteiger partial charge in [0.15, 0.2) is 0 Å². The van der Waals surface area contributed by atoms with Gasteiger partial charge in [0, 0.05) is 0 Å². The zero-order valence-corrected chi connectivity index (χ0v) is 13.6. The molecule has 5 nitrogen and oxygen atoms in total. The number of aliphatic hydroxyl groups excluding tert-OH is 4. The third kappa shape index (κ3) is 4.31. The fourth-order valence-electron chi connectivity index (χ4n) is 3.14. The van der Waals surface area contributed by atoms with E-state index >= 15 is 0 Å². The Hall–Kier alpha value is -0.980. The molecule has 4 N–H and O–H groups in total. The van der Waals surface area contributed by atoms with E-state index in [1.54, 1.807) is 0 Å². The molecule has 0 aromatic heterocycles. The Morgan fingerprint density at radius 1 is 0.957 bits per heavy atom. The Balaban J connectivity index is 2.16. The van der Waals surface area contributed by atoms with Gasteiger partial charge in [0.25, 0.3) is 0 Å². The fourth-order valence-corrected chi connectivity index (χ4v) is 3.14. The highest BCUT2D eigenvalue weighted by Gasteiger charge is 2.44. The number of rotatable bonds is 7. The van der Waals surface area contributed by atoms with E-state index in [2.05, 4.69) is 6.92 Å². The van der Waals surface area contributed by atoms with Crippen molar-refractivity contribution >= 4 is 0 Å². The maximum absolute atomic E-state index is 10.3. The summed E-state index contributed by atoms with van der Waals surface area (Å²) in [6, 6.07) is 7.69.